The van der Waals surface area contributed by atoms with Gasteiger partial charge in [-0.15, -0.1) is 0 Å². The van der Waals surface area contributed by atoms with E-state index in [0.717, 1.165) is 43.0 Å². The van der Waals surface area contributed by atoms with E-state index in [1.54, 1.807) is 6.07 Å². The number of carbonyl (C=O) groups is 1. The van der Waals surface area contributed by atoms with E-state index in [2.05, 4.69) is 17.0 Å². The third-order valence-corrected chi connectivity index (χ3v) is 10.1. The lowest BCUT2D eigenvalue weighted by atomic mass is 9.48. The van der Waals surface area contributed by atoms with Gasteiger partial charge in [0, 0.05) is 31.6 Å². The molecule has 2 saturated carbocycles. The molecule has 0 radical (unpaired) electrons. The summed E-state index contributed by atoms with van der Waals surface area (Å²) in [6, 6.07) is 13.8. The number of likely N-dealkylation sites (N-methyl/N-ethyl adjacent to an activating group) is 1. The highest BCUT2D eigenvalue weighted by molar-refractivity contribution is 5.77. The van der Waals surface area contributed by atoms with Crippen molar-refractivity contribution >= 4 is 5.91 Å². The minimum atomic E-state index is -0.915. The van der Waals surface area contributed by atoms with Crippen molar-refractivity contribution in [2.75, 3.05) is 20.1 Å². The van der Waals surface area contributed by atoms with E-state index in [0.29, 0.717) is 31.4 Å². The van der Waals surface area contributed by atoms with Crippen LogP contribution >= 0.6 is 0 Å². The molecule has 2 heterocycles. The zero-order valence-electron chi connectivity index (χ0n) is 21.0. The Morgan fingerprint density at radius 3 is 2.72 bits per heavy atom. The molecule has 2 aromatic rings. The van der Waals surface area contributed by atoms with E-state index >= 15 is 0 Å². The molecule has 5 atom stereocenters. The molecule has 2 aromatic carbocycles. The summed E-state index contributed by atoms with van der Waals surface area (Å²) >= 11 is 0. The van der Waals surface area contributed by atoms with Gasteiger partial charge in [0.2, 0.25) is 5.91 Å². The first-order chi connectivity index (χ1) is 17.4. The van der Waals surface area contributed by atoms with Gasteiger partial charge in [-0.1, -0.05) is 36.4 Å². The van der Waals surface area contributed by atoms with Gasteiger partial charge in [0.15, 0.2) is 11.5 Å². The first-order valence-electron chi connectivity index (χ1n) is 13.7. The molecule has 5 aliphatic rings. The van der Waals surface area contributed by atoms with Crippen LogP contribution in [-0.2, 0) is 23.1 Å². The maximum atomic E-state index is 13.4. The summed E-state index contributed by atoms with van der Waals surface area (Å²) < 4.78 is 6.63. The average Bonchev–Trinajstić information content (AvgIpc) is 3.63. The monoisotopic (exact) mass is 488 g/mol. The molecule has 2 N–H and O–H groups in total. The van der Waals surface area contributed by atoms with Gasteiger partial charge in [-0.25, -0.2) is 0 Å². The highest BCUT2D eigenvalue weighted by Crippen LogP contribution is 2.66. The minimum absolute atomic E-state index is 0.0565. The normalized spacial score (nSPS) is 34.1. The van der Waals surface area contributed by atoms with Crippen LogP contribution in [0.15, 0.2) is 42.5 Å². The fraction of sp³-hybridized carbons (Fsp3) is 0.567. The zero-order chi connectivity index (χ0) is 24.7. The van der Waals surface area contributed by atoms with Crippen LogP contribution in [0.2, 0.25) is 0 Å². The maximum absolute atomic E-state index is 13.4. The number of nitrogens with zero attached hydrogens (tertiary/aromatic N) is 2. The number of aromatic hydroxyl groups is 1. The van der Waals surface area contributed by atoms with Gasteiger partial charge in [0.25, 0.3) is 0 Å². The molecule has 3 aliphatic carbocycles. The number of likely N-dealkylation sites (tertiary alicyclic amines) is 1. The lowest BCUT2D eigenvalue weighted by Crippen LogP contribution is -2.78. The molecule has 2 bridgehead atoms. The Bertz CT molecular complexity index is 1200. The largest absolute Gasteiger partial charge is 0.504 e. The van der Waals surface area contributed by atoms with Crippen molar-refractivity contribution in [1.82, 2.24) is 9.80 Å². The summed E-state index contributed by atoms with van der Waals surface area (Å²) in [5.74, 6) is 1.56. The molecule has 1 saturated heterocycles. The Morgan fingerprint density at radius 1 is 1.14 bits per heavy atom. The van der Waals surface area contributed by atoms with Gasteiger partial charge in [0.05, 0.1) is 17.1 Å². The molecule has 1 spiro atoms. The van der Waals surface area contributed by atoms with E-state index < -0.39 is 11.0 Å². The van der Waals surface area contributed by atoms with Gasteiger partial charge in [-0.2, -0.15) is 0 Å². The molecular formula is C30H36N2O4. The number of aliphatic hydroxyl groups is 1. The third-order valence-electron chi connectivity index (χ3n) is 10.1. The highest BCUT2D eigenvalue weighted by atomic mass is 16.5. The van der Waals surface area contributed by atoms with Crippen LogP contribution < -0.4 is 4.74 Å². The number of aryl methyl sites for hydroxylation is 1. The Hall–Kier alpha value is -2.57. The van der Waals surface area contributed by atoms with Crippen molar-refractivity contribution in [3.63, 3.8) is 0 Å². The second-order valence-corrected chi connectivity index (χ2v) is 11.9. The van der Waals surface area contributed by atoms with Crippen LogP contribution in [0.3, 0.4) is 0 Å². The smallest absolute Gasteiger partial charge is 0.223 e. The average molecular weight is 489 g/mol. The van der Waals surface area contributed by atoms with Crippen LogP contribution in [0, 0.1) is 5.92 Å². The second kappa shape index (κ2) is 7.96. The third kappa shape index (κ3) is 3.07. The Balaban J connectivity index is 1.23. The van der Waals surface area contributed by atoms with Crippen LogP contribution in [0.4, 0.5) is 0 Å². The number of ether oxygens (including phenoxy) is 1. The molecule has 36 heavy (non-hydrogen) atoms. The molecular weight excluding hydrogens is 452 g/mol. The summed E-state index contributed by atoms with van der Waals surface area (Å²) in [5, 5.41) is 23.4. The van der Waals surface area contributed by atoms with E-state index in [-0.39, 0.29) is 29.8 Å². The first kappa shape index (κ1) is 22.6. The molecule has 6 nitrogen and oxygen atoms in total. The van der Waals surface area contributed by atoms with E-state index in [1.165, 1.54) is 18.4 Å². The number of amides is 1. The summed E-state index contributed by atoms with van der Waals surface area (Å²) in [5.41, 5.74) is 1.87. The first-order valence-corrected chi connectivity index (χ1v) is 13.7. The number of hydrogen-bond acceptors (Lipinski definition) is 5. The van der Waals surface area contributed by atoms with Gasteiger partial charge < -0.3 is 19.8 Å². The fourth-order valence-corrected chi connectivity index (χ4v) is 8.11. The van der Waals surface area contributed by atoms with Gasteiger partial charge in [0.1, 0.15) is 6.10 Å². The SMILES string of the molecule is CN(C(=O)CCc1ccccc1)[C@H]1CC[C@@]2(O)[C@H]3Cc4ccc(O)c5c4[C@@]2(CCN3CC2CC2)[C@H]1O5. The molecule has 0 unspecified atom stereocenters. The van der Waals surface area contributed by atoms with Gasteiger partial charge in [-0.05, 0) is 74.6 Å². The predicted molar refractivity (Wildman–Crippen MR) is 136 cm³/mol. The molecule has 190 valence electrons. The van der Waals surface area contributed by atoms with Gasteiger partial charge in [-0.3, -0.25) is 9.69 Å². The Kier molecular flexibility index (Phi) is 5.00. The quantitative estimate of drug-likeness (QED) is 0.652. The van der Waals surface area contributed by atoms with Crippen molar-refractivity contribution in [2.24, 2.45) is 5.92 Å². The molecule has 3 fully saturated rings. The van der Waals surface area contributed by atoms with Crippen LogP contribution in [0.1, 0.15) is 55.2 Å². The van der Waals surface area contributed by atoms with E-state index in [4.69, 9.17) is 4.74 Å². The topological polar surface area (TPSA) is 73.2 Å². The lowest BCUT2D eigenvalue weighted by molar-refractivity contribution is -0.200. The van der Waals surface area contributed by atoms with Crippen molar-refractivity contribution in [3.05, 3.63) is 59.2 Å². The highest BCUT2D eigenvalue weighted by Gasteiger charge is 2.73. The summed E-state index contributed by atoms with van der Waals surface area (Å²) in [6.45, 7) is 1.99. The standard InChI is InChI=1S/C30H36N2O4/c1-31(25(34)12-9-19-5-3-2-4-6-19)22-13-14-30(35)24-17-21-10-11-23(33)27-26(21)29(30,28(22)36-27)15-16-32(24)18-20-7-8-20/h2-6,10-11,20,22,24,28,33,35H,7-9,12-18H2,1H3/t22-,24+,28-,29-,30+/m0/s1. The van der Waals surface area contributed by atoms with Crippen LogP contribution in [0.25, 0.3) is 0 Å². The number of carbonyl (C=O) groups excluding carboxylic acids is 1. The fourth-order valence-electron chi connectivity index (χ4n) is 8.11. The predicted octanol–water partition coefficient (Wildman–Crippen LogP) is 3.42. The molecule has 1 amide bonds. The van der Waals surface area contributed by atoms with Crippen molar-refractivity contribution in [2.45, 2.75) is 80.6 Å². The Morgan fingerprint density at radius 2 is 1.94 bits per heavy atom. The minimum Gasteiger partial charge on any atom is -0.504 e. The van der Waals surface area contributed by atoms with E-state index in [1.807, 2.05) is 36.2 Å². The summed E-state index contributed by atoms with van der Waals surface area (Å²) in [6.07, 6.45) is 6.33. The number of phenols is 1. The zero-order valence-corrected chi connectivity index (χ0v) is 21.0. The van der Waals surface area contributed by atoms with Crippen molar-refractivity contribution in [3.8, 4) is 11.5 Å². The van der Waals surface area contributed by atoms with Crippen molar-refractivity contribution < 1.29 is 19.7 Å². The molecule has 2 aliphatic heterocycles. The molecule has 0 aromatic heterocycles. The number of piperidine rings is 1. The van der Waals surface area contributed by atoms with Crippen LogP contribution in [0.5, 0.6) is 11.5 Å². The second-order valence-electron chi connectivity index (χ2n) is 11.9. The Labute approximate surface area is 212 Å². The number of hydrogen-bond donors (Lipinski definition) is 2. The summed E-state index contributed by atoms with van der Waals surface area (Å²) in [7, 11) is 1.90. The van der Waals surface area contributed by atoms with E-state index in [9.17, 15) is 15.0 Å². The maximum Gasteiger partial charge on any atom is 0.223 e. The van der Waals surface area contributed by atoms with Crippen LogP contribution in [-0.4, -0.2) is 69.8 Å². The summed E-state index contributed by atoms with van der Waals surface area (Å²) in [4.78, 5) is 17.8. The number of rotatable bonds is 6. The molecule has 6 heteroatoms. The lowest BCUT2D eigenvalue weighted by Gasteiger charge is -2.64. The molecule has 7 rings (SSSR count). The van der Waals surface area contributed by atoms with Crippen molar-refractivity contribution in [1.29, 1.82) is 0 Å². The number of benzene rings is 2. The van der Waals surface area contributed by atoms with Gasteiger partial charge >= 0.3 is 0 Å². The number of phenolic OH excluding ortho intramolecular Hbond substituents is 1.